The van der Waals surface area contributed by atoms with Crippen molar-refractivity contribution in [2.24, 2.45) is 5.92 Å². The van der Waals surface area contributed by atoms with Crippen LogP contribution in [-0.2, 0) is 17.7 Å². The second kappa shape index (κ2) is 7.36. The van der Waals surface area contributed by atoms with Crippen molar-refractivity contribution in [2.75, 3.05) is 14.2 Å². The van der Waals surface area contributed by atoms with E-state index >= 15 is 0 Å². The minimum absolute atomic E-state index is 0.0652. The van der Waals surface area contributed by atoms with E-state index in [9.17, 15) is 0 Å². The second-order valence-electron chi connectivity index (χ2n) is 6.40. The lowest BCUT2D eigenvalue weighted by Crippen LogP contribution is -2.54. The average molecular weight is 294 g/mol. The third kappa shape index (κ3) is 3.64. The Labute approximate surface area is 128 Å². The number of hydrogen-bond donors (Lipinski definition) is 1. The van der Waals surface area contributed by atoms with Crippen molar-refractivity contribution in [3.63, 3.8) is 0 Å². The molecule has 1 fully saturated rings. The van der Waals surface area contributed by atoms with Crippen molar-refractivity contribution >= 4 is 0 Å². The number of ether oxygens (including phenoxy) is 1. The Balaban J connectivity index is 2.12. The van der Waals surface area contributed by atoms with Crippen molar-refractivity contribution < 1.29 is 4.74 Å². The molecule has 0 spiro atoms. The van der Waals surface area contributed by atoms with E-state index in [1.54, 1.807) is 6.33 Å². The molecule has 0 bridgehead atoms. The largest absolute Gasteiger partial charge is 0.377 e. The van der Waals surface area contributed by atoms with Crippen LogP contribution < -0.4 is 5.32 Å². The minimum Gasteiger partial charge on any atom is -0.377 e. The van der Waals surface area contributed by atoms with Gasteiger partial charge in [0.1, 0.15) is 12.2 Å². The maximum absolute atomic E-state index is 6.01. The Bertz CT molecular complexity index is 424. The first-order valence-corrected chi connectivity index (χ1v) is 8.24. The van der Waals surface area contributed by atoms with E-state index in [-0.39, 0.29) is 11.6 Å². The Morgan fingerprint density at radius 2 is 2.19 bits per heavy atom. The van der Waals surface area contributed by atoms with Crippen LogP contribution in [-0.4, -0.2) is 40.6 Å². The topological polar surface area (TPSA) is 52.0 Å². The molecule has 1 aliphatic rings. The first kappa shape index (κ1) is 16.4. The summed E-state index contributed by atoms with van der Waals surface area (Å²) in [5.74, 6) is 1.88. The van der Waals surface area contributed by atoms with E-state index in [4.69, 9.17) is 4.74 Å². The van der Waals surface area contributed by atoms with Crippen molar-refractivity contribution in [2.45, 2.75) is 70.6 Å². The summed E-state index contributed by atoms with van der Waals surface area (Å²) in [5, 5.41) is 7.82. The van der Waals surface area contributed by atoms with Gasteiger partial charge in [0.05, 0.1) is 5.60 Å². The molecule has 2 rings (SSSR count). The molecule has 0 radical (unpaired) electrons. The van der Waals surface area contributed by atoms with Crippen LogP contribution in [0, 0.1) is 5.92 Å². The summed E-state index contributed by atoms with van der Waals surface area (Å²) in [6.07, 6.45) is 8.35. The first-order valence-electron chi connectivity index (χ1n) is 8.24. The fourth-order valence-corrected chi connectivity index (χ4v) is 3.52. The molecule has 21 heavy (non-hydrogen) atoms. The molecule has 0 aliphatic heterocycles. The molecule has 1 unspecified atom stereocenters. The summed E-state index contributed by atoms with van der Waals surface area (Å²) in [4.78, 5) is 4.45. The summed E-state index contributed by atoms with van der Waals surface area (Å²) < 4.78 is 8.04. The highest BCUT2D eigenvalue weighted by Gasteiger charge is 2.41. The molecule has 1 N–H and O–H groups in total. The van der Waals surface area contributed by atoms with Gasteiger partial charge in [0.15, 0.2) is 0 Å². The number of nitrogens with one attached hydrogen (secondary N) is 1. The highest BCUT2D eigenvalue weighted by atomic mass is 16.5. The molecule has 1 aromatic heterocycles. The zero-order valence-corrected chi connectivity index (χ0v) is 13.9. The summed E-state index contributed by atoms with van der Waals surface area (Å²) >= 11 is 0. The number of aryl methyl sites for hydroxylation is 1. The van der Waals surface area contributed by atoms with Crippen molar-refractivity contribution in [1.29, 1.82) is 0 Å². The second-order valence-corrected chi connectivity index (χ2v) is 6.40. The monoisotopic (exact) mass is 294 g/mol. The minimum atomic E-state index is -0.0652. The number of likely N-dealkylation sites (N-methyl/N-ethyl adjacent to an activating group) is 1. The van der Waals surface area contributed by atoms with Gasteiger partial charge in [-0.2, -0.15) is 5.10 Å². The van der Waals surface area contributed by atoms with Gasteiger partial charge in [-0.3, -0.25) is 4.68 Å². The van der Waals surface area contributed by atoms with Gasteiger partial charge in [-0.05, 0) is 45.1 Å². The van der Waals surface area contributed by atoms with Crippen LogP contribution in [0.25, 0.3) is 0 Å². The lowest BCUT2D eigenvalue weighted by Gasteiger charge is -2.44. The van der Waals surface area contributed by atoms with Crippen LogP contribution >= 0.6 is 0 Å². The fourth-order valence-electron chi connectivity index (χ4n) is 3.52. The van der Waals surface area contributed by atoms with Crippen molar-refractivity contribution in [1.82, 2.24) is 20.1 Å². The molecule has 1 atom stereocenters. The van der Waals surface area contributed by atoms with Gasteiger partial charge in [0, 0.05) is 26.1 Å². The van der Waals surface area contributed by atoms with Crippen LogP contribution in [0.3, 0.4) is 0 Å². The van der Waals surface area contributed by atoms with E-state index in [1.165, 1.54) is 12.8 Å². The number of methoxy groups -OCH3 is 1. The Morgan fingerprint density at radius 3 is 2.76 bits per heavy atom. The highest BCUT2D eigenvalue weighted by Crippen LogP contribution is 2.37. The van der Waals surface area contributed by atoms with E-state index in [1.807, 2.05) is 18.8 Å². The highest BCUT2D eigenvalue weighted by molar-refractivity contribution is 5.01. The quantitative estimate of drug-likeness (QED) is 0.839. The standard InChI is InChI=1S/C16H30N4O/c1-5-10-20-15(18-12-19-20)11-14(17-3)16(21-4)8-6-13(2)7-9-16/h12-14,17H,5-11H2,1-4H3. The number of hydrogen-bond acceptors (Lipinski definition) is 4. The lowest BCUT2D eigenvalue weighted by atomic mass is 9.74. The molecule has 1 aliphatic carbocycles. The molecule has 1 saturated carbocycles. The van der Waals surface area contributed by atoms with Gasteiger partial charge in [-0.15, -0.1) is 0 Å². The molecule has 5 heteroatoms. The molecule has 0 saturated heterocycles. The fraction of sp³-hybridized carbons (Fsp3) is 0.875. The number of aromatic nitrogens is 3. The first-order chi connectivity index (χ1) is 10.1. The molecule has 120 valence electrons. The van der Waals surface area contributed by atoms with Crippen LogP contribution in [0.4, 0.5) is 0 Å². The third-order valence-corrected chi connectivity index (χ3v) is 5.03. The van der Waals surface area contributed by atoms with Gasteiger partial charge in [-0.25, -0.2) is 4.98 Å². The number of rotatable bonds is 7. The smallest absolute Gasteiger partial charge is 0.138 e. The van der Waals surface area contributed by atoms with Crippen LogP contribution in [0.15, 0.2) is 6.33 Å². The SMILES string of the molecule is CCCn1ncnc1CC(NC)C1(OC)CCC(C)CC1. The third-order valence-electron chi connectivity index (χ3n) is 5.03. The number of nitrogens with zero attached hydrogens (tertiary/aromatic N) is 3. The van der Waals surface area contributed by atoms with Crippen LogP contribution in [0.1, 0.15) is 51.8 Å². The maximum atomic E-state index is 6.01. The molecule has 1 heterocycles. The van der Waals surface area contributed by atoms with Gasteiger partial charge >= 0.3 is 0 Å². The Morgan fingerprint density at radius 1 is 1.48 bits per heavy atom. The average Bonchev–Trinajstić information content (AvgIpc) is 2.94. The molecule has 1 aromatic rings. The molecular formula is C16H30N4O. The summed E-state index contributed by atoms with van der Waals surface area (Å²) in [6, 6.07) is 0.287. The van der Waals surface area contributed by atoms with Crippen molar-refractivity contribution in [3.05, 3.63) is 12.2 Å². The van der Waals surface area contributed by atoms with E-state index in [2.05, 4.69) is 29.2 Å². The van der Waals surface area contributed by atoms with Crippen molar-refractivity contribution in [3.8, 4) is 0 Å². The molecule has 0 amide bonds. The summed E-state index contributed by atoms with van der Waals surface area (Å²) in [5.41, 5.74) is -0.0652. The van der Waals surface area contributed by atoms with E-state index in [0.717, 1.165) is 44.0 Å². The zero-order chi connectivity index (χ0) is 15.3. The lowest BCUT2D eigenvalue weighted by molar-refractivity contribution is -0.0735. The Hall–Kier alpha value is -0.940. The predicted molar refractivity (Wildman–Crippen MR) is 84.2 cm³/mol. The van der Waals surface area contributed by atoms with Gasteiger partial charge < -0.3 is 10.1 Å². The van der Waals surface area contributed by atoms with Crippen LogP contribution in [0.2, 0.25) is 0 Å². The molecule has 0 aromatic carbocycles. The maximum Gasteiger partial charge on any atom is 0.138 e. The van der Waals surface area contributed by atoms with Gasteiger partial charge in [-0.1, -0.05) is 13.8 Å². The normalized spacial score (nSPS) is 27.7. The van der Waals surface area contributed by atoms with E-state index < -0.39 is 0 Å². The van der Waals surface area contributed by atoms with Gasteiger partial charge in [0.2, 0.25) is 0 Å². The Kier molecular flexibility index (Phi) is 5.76. The molecule has 5 nitrogen and oxygen atoms in total. The van der Waals surface area contributed by atoms with E-state index in [0.29, 0.717) is 0 Å². The predicted octanol–water partition coefficient (Wildman–Crippen LogP) is 2.41. The van der Waals surface area contributed by atoms with Crippen LogP contribution in [0.5, 0.6) is 0 Å². The summed E-state index contributed by atoms with van der Waals surface area (Å²) in [6.45, 7) is 5.44. The zero-order valence-electron chi connectivity index (χ0n) is 13.9. The van der Waals surface area contributed by atoms with Gasteiger partial charge in [0.25, 0.3) is 0 Å². The summed E-state index contributed by atoms with van der Waals surface area (Å²) in [7, 11) is 3.89. The molecular weight excluding hydrogens is 264 g/mol.